The average Bonchev–Trinajstić information content (AvgIpc) is 2.38. The van der Waals surface area contributed by atoms with E-state index < -0.39 is 0 Å². The highest BCUT2D eigenvalue weighted by Gasteiger charge is 1.93. The molecule has 2 aromatic carbocycles. The van der Waals surface area contributed by atoms with Crippen LogP contribution in [0.25, 0.3) is 0 Å². The minimum absolute atomic E-state index is 0.782. The number of azo groups is 1. The highest BCUT2D eigenvalue weighted by molar-refractivity contribution is 5.44. The first kappa shape index (κ1) is 11.3. The van der Waals surface area contributed by atoms with Crippen molar-refractivity contribution in [1.29, 1.82) is 0 Å². The highest BCUT2D eigenvalue weighted by Crippen LogP contribution is 2.22. The van der Waals surface area contributed by atoms with Crippen LogP contribution >= 0.6 is 0 Å². The molecule has 0 saturated heterocycles. The van der Waals surface area contributed by atoms with Crippen LogP contribution in [0, 0.1) is 6.92 Å². The molecule has 0 spiro atoms. The molecule has 2 rings (SSSR count). The van der Waals surface area contributed by atoms with Gasteiger partial charge in [-0.3, -0.25) is 0 Å². The summed E-state index contributed by atoms with van der Waals surface area (Å²) in [6, 6.07) is 15.4. The van der Waals surface area contributed by atoms with Crippen molar-refractivity contribution in [3.63, 3.8) is 0 Å². The molecule has 0 aromatic heterocycles. The Hall–Kier alpha value is -2.16. The van der Waals surface area contributed by atoms with E-state index in [9.17, 15) is 0 Å². The van der Waals surface area contributed by atoms with Gasteiger partial charge >= 0.3 is 0 Å². The summed E-state index contributed by atoms with van der Waals surface area (Å²) in [4.78, 5) is 0. The van der Waals surface area contributed by atoms with Gasteiger partial charge in [0, 0.05) is 6.07 Å². The number of methoxy groups -OCH3 is 1. The Labute approximate surface area is 101 Å². The number of hydrogen-bond donors (Lipinski definition) is 0. The van der Waals surface area contributed by atoms with Crippen LogP contribution in [0.4, 0.5) is 11.4 Å². The molecule has 0 atom stereocenters. The number of nitrogens with zero attached hydrogens (tertiary/aromatic N) is 2. The molecule has 0 bridgehead atoms. The van der Waals surface area contributed by atoms with Gasteiger partial charge in [-0.25, -0.2) is 0 Å². The number of aryl methyl sites for hydroxylation is 1. The van der Waals surface area contributed by atoms with Gasteiger partial charge in [-0.1, -0.05) is 23.8 Å². The molecule has 0 aliphatic carbocycles. The van der Waals surface area contributed by atoms with Crippen LogP contribution < -0.4 is 4.74 Å². The Morgan fingerprint density at radius 1 is 0.882 bits per heavy atom. The Morgan fingerprint density at radius 2 is 1.59 bits per heavy atom. The summed E-state index contributed by atoms with van der Waals surface area (Å²) in [6.45, 7) is 2.04. The molecular formula is C14H14N2O. The Bertz CT molecular complexity index is 518. The fourth-order valence-electron chi connectivity index (χ4n) is 1.40. The lowest BCUT2D eigenvalue weighted by Crippen LogP contribution is -1.79. The minimum Gasteiger partial charge on any atom is -0.497 e. The number of hydrogen-bond acceptors (Lipinski definition) is 3. The molecule has 86 valence electrons. The van der Waals surface area contributed by atoms with Crippen molar-refractivity contribution >= 4 is 11.4 Å². The Balaban J connectivity index is 2.16. The predicted molar refractivity (Wildman–Crippen MR) is 68.3 cm³/mol. The summed E-state index contributed by atoms with van der Waals surface area (Å²) >= 11 is 0. The molecule has 0 amide bonds. The monoisotopic (exact) mass is 226 g/mol. The maximum atomic E-state index is 5.12. The lowest BCUT2D eigenvalue weighted by Gasteiger charge is -1.99. The third kappa shape index (κ3) is 3.14. The first-order valence-corrected chi connectivity index (χ1v) is 5.40. The van der Waals surface area contributed by atoms with Crippen molar-refractivity contribution in [2.75, 3.05) is 7.11 Å². The number of ether oxygens (including phenoxy) is 1. The fourth-order valence-corrected chi connectivity index (χ4v) is 1.40. The van der Waals surface area contributed by atoms with Crippen LogP contribution in [0.5, 0.6) is 5.75 Å². The third-order valence-corrected chi connectivity index (χ3v) is 2.37. The number of rotatable bonds is 3. The molecule has 17 heavy (non-hydrogen) atoms. The van der Waals surface area contributed by atoms with E-state index in [1.165, 1.54) is 5.56 Å². The van der Waals surface area contributed by atoms with Crippen molar-refractivity contribution in [2.24, 2.45) is 10.2 Å². The van der Waals surface area contributed by atoms with E-state index >= 15 is 0 Å². The molecule has 0 heterocycles. The van der Waals surface area contributed by atoms with Gasteiger partial charge in [0.2, 0.25) is 0 Å². The van der Waals surface area contributed by atoms with Gasteiger partial charge in [0.1, 0.15) is 5.75 Å². The normalized spacial score (nSPS) is 10.7. The second-order valence-corrected chi connectivity index (χ2v) is 3.74. The van der Waals surface area contributed by atoms with Crippen LogP contribution in [0.2, 0.25) is 0 Å². The first-order valence-electron chi connectivity index (χ1n) is 5.40. The summed E-state index contributed by atoms with van der Waals surface area (Å²) in [5.74, 6) is 0.783. The van der Waals surface area contributed by atoms with Gasteiger partial charge < -0.3 is 4.74 Å². The maximum absolute atomic E-state index is 5.12. The third-order valence-electron chi connectivity index (χ3n) is 2.37. The van der Waals surface area contributed by atoms with Crippen LogP contribution in [0.1, 0.15) is 5.56 Å². The molecule has 0 unspecified atom stereocenters. The second kappa shape index (κ2) is 5.25. The van der Waals surface area contributed by atoms with Crippen molar-refractivity contribution in [2.45, 2.75) is 6.92 Å². The summed E-state index contributed by atoms with van der Waals surface area (Å²) < 4.78 is 5.12. The van der Waals surface area contributed by atoms with Crippen molar-refractivity contribution in [1.82, 2.24) is 0 Å². The highest BCUT2D eigenvalue weighted by atomic mass is 16.5. The van der Waals surface area contributed by atoms with E-state index in [1.54, 1.807) is 7.11 Å². The van der Waals surface area contributed by atoms with E-state index in [0.717, 1.165) is 17.1 Å². The SMILES string of the molecule is COc1cccc(N=Nc2ccc(C)cc2)c1. The van der Waals surface area contributed by atoms with Gasteiger partial charge in [0.15, 0.2) is 0 Å². The van der Waals surface area contributed by atoms with E-state index in [0.29, 0.717) is 0 Å². The Morgan fingerprint density at radius 3 is 2.29 bits per heavy atom. The molecule has 0 radical (unpaired) electrons. The summed E-state index contributed by atoms with van der Waals surface area (Å²) in [6.07, 6.45) is 0. The fraction of sp³-hybridized carbons (Fsp3) is 0.143. The van der Waals surface area contributed by atoms with Crippen molar-refractivity contribution in [3.05, 3.63) is 54.1 Å². The largest absolute Gasteiger partial charge is 0.497 e. The first-order chi connectivity index (χ1) is 8.28. The standard InChI is InChI=1S/C14H14N2O/c1-11-6-8-12(9-7-11)15-16-13-4-3-5-14(10-13)17-2/h3-10H,1-2H3. The van der Waals surface area contributed by atoms with Gasteiger partial charge in [-0.2, -0.15) is 10.2 Å². The lowest BCUT2D eigenvalue weighted by atomic mass is 10.2. The van der Waals surface area contributed by atoms with E-state index in [4.69, 9.17) is 4.74 Å². The van der Waals surface area contributed by atoms with Crippen molar-refractivity contribution in [3.8, 4) is 5.75 Å². The maximum Gasteiger partial charge on any atom is 0.121 e. The summed E-state index contributed by atoms with van der Waals surface area (Å²) in [5, 5.41) is 8.32. The molecule has 0 saturated carbocycles. The van der Waals surface area contributed by atoms with Crippen LogP contribution in [-0.4, -0.2) is 7.11 Å². The van der Waals surface area contributed by atoms with Crippen LogP contribution in [-0.2, 0) is 0 Å². The number of benzene rings is 2. The average molecular weight is 226 g/mol. The van der Waals surface area contributed by atoms with Crippen LogP contribution in [0.15, 0.2) is 58.8 Å². The molecule has 2 aromatic rings. The van der Waals surface area contributed by atoms with E-state index in [-0.39, 0.29) is 0 Å². The lowest BCUT2D eigenvalue weighted by molar-refractivity contribution is 0.415. The van der Waals surface area contributed by atoms with Gasteiger partial charge in [0.05, 0.1) is 18.5 Å². The molecule has 0 aliphatic heterocycles. The quantitative estimate of drug-likeness (QED) is 0.713. The van der Waals surface area contributed by atoms with Crippen molar-refractivity contribution < 1.29 is 4.74 Å². The molecular weight excluding hydrogens is 212 g/mol. The van der Waals surface area contributed by atoms with E-state index in [2.05, 4.69) is 10.2 Å². The zero-order valence-electron chi connectivity index (χ0n) is 9.92. The zero-order chi connectivity index (χ0) is 12.1. The van der Waals surface area contributed by atoms with Gasteiger partial charge in [-0.15, -0.1) is 0 Å². The molecule has 3 nitrogen and oxygen atoms in total. The Kier molecular flexibility index (Phi) is 3.50. The van der Waals surface area contributed by atoms with Crippen LogP contribution in [0.3, 0.4) is 0 Å². The second-order valence-electron chi connectivity index (χ2n) is 3.74. The summed E-state index contributed by atoms with van der Waals surface area (Å²) in [7, 11) is 1.64. The smallest absolute Gasteiger partial charge is 0.121 e. The minimum atomic E-state index is 0.782. The van der Waals surface area contributed by atoms with Gasteiger partial charge in [-0.05, 0) is 31.2 Å². The van der Waals surface area contributed by atoms with Gasteiger partial charge in [0.25, 0.3) is 0 Å². The summed E-state index contributed by atoms with van der Waals surface area (Å²) in [5.41, 5.74) is 2.84. The molecule has 3 heteroatoms. The zero-order valence-corrected chi connectivity index (χ0v) is 9.92. The van der Waals surface area contributed by atoms with E-state index in [1.807, 2.05) is 55.5 Å². The predicted octanol–water partition coefficient (Wildman–Crippen LogP) is 4.42. The molecule has 0 aliphatic rings. The molecule has 0 N–H and O–H groups in total. The molecule has 0 fully saturated rings. The topological polar surface area (TPSA) is 34.0 Å².